The number of rotatable bonds is 4. The molecule has 1 aromatic carbocycles. The number of hydrogen-bond acceptors (Lipinski definition) is 2. The van der Waals surface area contributed by atoms with Crippen LogP contribution in [0.25, 0.3) is 0 Å². The van der Waals surface area contributed by atoms with Crippen LogP contribution in [0.5, 0.6) is 5.75 Å². The van der Waals surface area contributed by atoms with Crippen molar-refractivity contribution in [1.82, 2.24) is 0 Å². The van der Waals surface area contributed by atoms with Gasteiger partial charge in [0, 0.05) is 6.42 Å². The van der Waals surface area contributed by atoms with E-state index in [0.717, 1.165) is 18.8 Å². The summed E-state index contributed by atoms with van der Waals surface area (Å²) in [7, 11) is 0. The average Bonchev–Trinajstić information content (AvgIpc) is 2.76. The highest BCUT2D eigenvalue weighted by Crippen LogP contribution is 2.19. The van der Waals surface area contributed by atoms with Gasteiger partial charge in [0.1, 0.15) is 5.75 Å². The van der Waals surface area contributed by atoms with Gasteiger partial charge in [0.25, 0.3) is 0 Å². The second kappa shape index (κ2) is 5.17. The van der Waals surface area contributed by atoms with Crippen molar-refractivity contribution in [2.24, 2.45) is 0 Å². The van der Waals surface area contributed by atoms with Crippen LogP contribution in [0, 0.1) is 13.8 Å². The van der Waals surface area contributed by atoms with E-state index in [1.807, 2.05) is 0 Å². The van der Waals surface area contributed by atoms with E-state index in [4.69, 9.17) is 4.74 Å². The topological polar surface area (TPSA) is 9.23 Å². The monoisotopic (exact) mass is 232 g/mol. The average molecular weight is 232 g/mol. The Kier molecular flexibility index (Phi) is 3.62. The molecule has 84 valence electrons. The Labute approximate surface area is 101 Å². The summed E-state index contributed by atoms with van der Waals surface area (Å²) < 4.78 is 5.80. The molecule has 1 heterocycles. The molecule has 0 radical (unpaired) electrons. The van der Waals surface area contributed by atoms with E-state index in [2.05, 4.69) is 48.9 Å². The maximum Gasteiger partial charge on any atom is 0.122 e. The van der Waals surface area contributed by atoms with E-state index >= 15 is 0 Å². The van der Waals surface area contributed by atoms with Crippen molar-refractivity contribution in [2.45, 2.75) is 20.3 Å². The Hall–Kier alpha value is -1.28. The Morgan fingerprint density at radius 3 is 2.81 bits per heavy atom. The van der Waals surface area contributed by atoms with Gasteiger partial charge in [0.05, 0.1) is 6.61 Å². The van der Waals surface area contributed by atoms with E-state index < -0.39 is 0 Å². The summed E-state index contributed by atoms with van der Waals surface area (Å²) in [6, 6.07) is 8.47. The molecule has 0 aliphatic carbocycles. The molecule has 0 saturated heterocycles. The lowest BCUT2D eigenvalue weighted by atomic mass is 10.1. The molecule has 2 heteroatoms. The zero-order valence-corrected chi connectivity index (χ0v) is 10.5. The molecule has 1 nitrogen and oxygen atoms in total. The van der Waals surface area contributed by atoms with Gasteiger partial charge < -0.3 is 4.74 Å². The summed E-state index contributed by atoms with van der Waals surface area (Å²) in [5.74, 6) is 1.01. The third-order valence-electron chi connectivity index (χ3n) is 2.57. The zero-order chi connectivity index (χ0) is 11.4. The maximum absolute atomic E-state index is 5.80. The van der Waals surface area contributed by atoms with Crippen LogP contribution in [0.15, 0.2) is 35.0 Å². The van der Waals surface area contributed by atoms with Gasteiger partial charge in [-0.25, -0.2) is 0 Å². The smallest absolute Gasteiger partial charge is 0.122 e. The third kappa shape index (κ3) is 2.86. The van der Waals surface area contributed by atoms with Crippen molar-refractivity contribution >= 4 is 11.3 Å². The summed E-state index contributed by atoms with van der Waals surface area (Å²) in [6.45, 7) is 4.92. The summed E-state index contributed by atoms with van der Waals surface area (Å²) in [6.07, 6.45) is 0.983. The molecule has 0 N–H and O–H groups in total. The van der Waals surface area contributed by atoms with E-state index in [0.29, 0.717) is 0 Å². The second-order valence-electron chi connectivity index (χ2n) is 4.00. The first-order valence-electron chi connectivity index (χ1n) is 5.47. The maximum atomic E-state index is 5.80. The number of ether oxygens (including phenoxy) is 1. The van der Waals surface area contributed by atoms with E-state index in [1.54, 1.807) is 11.3 Å². The molecule has 0 spiro atoms. The van der Waals surface area contributed by atoms with Gasteiger partial charge in [0.15, 0.2) is 0 Å². The summed E-state index contributed by atoms with van der Waals surface area (Å²) in [4.78, 5) is 0. The van der Waals surface area contributed by atoms with Gasteiger partial charge in [-0.2, -0.15) is 11.3 Å². The minimum absolute atomic E-state index is 0.751. The number of hydrogen-bond donors (Lipinski definition) is 0. The van der Waals surface area contributed by atoms with Crippen LogP contribution in [0.4, 0.5) is 0 Å². The Morgan fingerprint density at radius 1 is 1.19 bits per heavy atom. The highest BCUT2D eigenvalue weighted by Gasteiger charge is 2.00. The van der Waals surface area contributed by atoms with Crippen molar-refractivity contribution in [3.05, 3.63) is 51.7 Å². The molecule has 2 rings (SSSR count). The molecule has 0 aliphatic rings. The largest absolute Gasteiger partial charge is 0.493 e. The van der Waals surface area contributed by atoms with E-state index in [1.165, 1.54) is 16.7 Å². The predicted molar refractivity (Wildman–Crippen MR) is 69.4 cm³/mol. The first kappa shape index (κ1) is 11.2. The highest BCUT2D eigenvalue weighted by molar-refractivity contribution is 7.07. The number of benzene rings is 1. The van der Waals surface area contributed by atoms with Crippen LogP contribution >= 0.6 is 11.3 Å². The third-order valence-corrected chi connectivity index (χ3v) is 3.30. The zero-order valence-electron chi connectivity index (χ0n) is 9.69. The van der Waals surface area contributed by atoms with Gasteiger partial charge in [-0.05, 0) is 53.4 Å². The molecule has 0 fully saturated rings. The van der Waals surface area contributed by atoms with Gasteiger partial charge in [-0.1, -0.05) is 12.1 Å². The first-order chi connectivity index (χ1) is 7.75. The van der Waals surface area contributed by atoms with Gasteiger partial charge in [-0.15, -0.1) is 0 Å². The molecule has 0 aliphatic heterocycles. The van der Waals surface area contributed by atoms with Crippen LogP contribution in [-0.4, -0.2) is 6.61 Å². The van der Waals surface area contributed by atoms with Crippen LogP contribution in [0.2, 0.25) is 0 Å². The molecule has 0 saturated carbocycles. The van der Waals surface area contributed by atoms with Crippen LogP contribution in [0.1, 0.15) is 16.7 Å². The number of thiophene rings is 1. The van der Waals surface area contributed by atoms with Crippen molar-refractivity contribution in [3.63, 3.8) is 0 Å². The second-order valence-corrected chi connectivity index (χ2v) is 4.78. The van der Waals surface area contributed by atoms with Crippen LogP contribution in [-0.2, 0) is 6.42 Å². The quantitative estimate of drug-likeness (QED) is 0.774. The molecule has 0 atom stereocenters. The normalized spacial score (nSPS) is 10.4. The fraction of sp³-hybridized carbons (Fsp3) is 0.286. The first-order valence-corrected chi connectivity index (χ1v) is 6.41. The lowest BCUT2D eigenvalue weighted by Gasteiger charge is -2.09. The Bertz CT molecular complexity index is 446. The summed E-state index contributed by atoms with van der Waals surface area (Å²) in [5.41, 5.74) is 3.81. The van der Waals surface area contributed by atoms with Gasteiger partial charge in [0.2, 0.25) is 0 Å². The standard InChI is InChI=1S/C14H16OS/c1-11-3-4-12(2)14(9-11)15-7-5-13-6-8-16-10-13/h3-4,6,8-10H,5,7H2,1-2H3. The van der Waals surface area contributed by atoms with Crippen LogP contribution < -0.4 is 4.74 Å². The molecular weight excluding hydrogens is 216 g/mol. The molecule has 1 aromatic heterocycles. The van der Waals surface area contributed by atoms with Crippen LogP contribution in [0.3, 0.4) is 0 Å². The molecule has 2 aromatic rings. The molecular formula is C14H16OS. The molecule has 16 heavy (non-hydrogen) atoms. The van der Waals surface area contributed by atoms with Crippen molar-refractivity contribution in [3.8, 4) is 5.75 Å². The van der Waals surface area contributed by atoms with Crippen molar-refractivity contribution < 1.29 is 4.74 Å². The SMILES string of the molecule is Cc1ccc(C)c(OCCc2ccsc2)c1. The lowest BCUT2D eigenvalue weighted by Crippen LogP contribution is -2.01. The fourth-order valence-electron chi connectivity index (χ4n) is 1.58. The number of aryl methyl sites for hydroxylation is 2. The highest BCUT2D eigenvalue weighted by atomic mass is 32.1. The van der Waals surface area contributed by atoms with Crippen molar-refractivity contribution in [1.29, 1.82) is 0 Å². The summed E-state index contributed by atoms with van der Waals surface area (Å²) >= 11 is 1.74. The summed E-state index contributed by atoms with van der Waals surface area (Å²) in [5, 5.41) is 4.28. The predicted octanol–water partition coefficient (Wildman–Crippen LogP) is 3.99. The molecule has 0 bridgehead atoms. The fourth-order valence-corrected chi connectivity index (χ4v) is 2.28. The lowest BCUT2D eigenvalue weighted by molar-refractivity contribution is 0.320. The Balaban J connectivity index is 1.92. The molecule has 0 amide bonds. The minimum atomic E-state index is 0.751. The minimum Gasteiger partial charge on any atom is -0.493 e. The Morgan fingerprint density at radius 2 is 2.06 bits per heavy atom. The molecule has 0 unspecified atom stereocenters. The van der Waals surface area contributed by atoms with Gasteiger partial charge >= 0.3 is 0 Å². The van der Waals surface area contributed by atoms with Gasteiger partial charge in [-0.3, -0.25) is 0 Å². The van der Waals surface area contributed by atoms with E-state index in [-0.39, 0.29) is 0 Å². The van der Waals surface area contributed by atoms with E-state index in [9.17, 15) is 0 Å². The van der Waals surface area contributed by atoms with Crippen molar-refractivity contribution in [2.75, 3.05) is 6.61 Å².